The van der Waals surface area contributed by atoms with Gasteiger partial charge in [-0.15, -0.1) is 0 Å². The van der Waals surface area contributed by atoms with Crippen LogP contribution in [-0.2, 0) is 0 Å². The average Bonchev–Trinajstić information content (AvgIpc) is 2.98. The van der Waals surface area contributed by atoms with E-state index >= 15 is 0 Å². The summed E-state index contributed by atoms with van der Waals surface area (Å²) in [5.41, 5.74) is 3.50. The van der Waals surface area contributed by atoms with Gasteiger partial charge in [-0.1, -0.05) is 0 Å². The van der Waals surface area contributed by atoms with Crippen LogP contribution in [0.4, 0.5) is 0 Å². The molecule has 0 radical (unpaired) electrons. The molecule has 122 valence electrons. The van der Waals surface area contributed by atoms with Gasteiger partial charge in [0.1, 0.15) is 0 Å². The number of hydrogen-bond acceptors (Lipinski definition) is 4. The van der Waals surface area contributed by atoms with Crippen LogP contribution in [0, 0.1) is 11.3 Å². The van der Waals surface area contributed by atoms with Gasteiger partial charge in [0.05, 0.1) is 0 Å². The van der Waals surface area contributed by atoms with Crippen LogP contribution in [-0.4, -0.2) is 23.2 Å². The molecule has 0 aliphatic carbocycles. The molecule has 0 unspecified atom stereocenters. The van der Waals surface area contributed by atoms with E-state index < -0.39 is 13.3 Å². The van der Waals surface area contributed by atoms with E-state index in [4.69, 9.17) is 9.68 Å². The number of para-hydroxylation sites is 1. The Hall–Kier alpha value is -2.65. The number of nitrogens with zero attached hydrogens (tertiary/aromatic N) is 3. The maximum absolute atomic E-state index is 9.05. The van der Waals surface area contributed by atoms with E-state index in [-0.39, 0.29) is 0 Å². The number of benzene rings is 1. The molecular formula is C20H17GeN3O. The molecule has 25 heavy (non-hydrogen) atoms. The molecule has 0 saturated carbocycles. The Labute approximate surface area is 148 Å². The Morgan fingerprint density at radius 3 is 2.64 bits per heavy atom. The van der Waals surface area contributed by atoms with E-state index in [1.54, 1.807) is 6.07 Å². The molecule has 4 nitrogen and oxygen atoms in total. The fraction of sp³-hybridized carbons (Fsp3) is 0.150. The normalized spacial score (nSPS) is 11.8. The monoisotopic (exact) mass is 389 g/mol. The molecule has 0 aliphatic heterocycles. The fourth-order valence-electron chi connectivity index (χ4n) is 2.99. The van der Waals surface area contributed by atoms with Crippen molar-refractivity contribution in [3.05, 3.63) is 54.4 Å². The molecule has 3 heterocycles. The SMILES string of the molecule is [CH3][Ge]([CH3])([CH3])[c]1ccnc(-c2cccc3c2oc2nc(C#N)ccc23)c1. The van der Waals surface area contributed by atoms with Crippen LogP contribution in [0.3, 0.4) is 0 Å². The summed E-state index contributed by atoms with van der Waals surface area (Å²) >= 11 is -1.94. The van der Waals surface area contributed by atoms with Crippen LogP contribution < -0.4 is 4.40 Å². The van der Waals surface area contributed by atoms with Gasteiger partial charge in [-0.25, -0.2) is 0 Å². The molecule has 0 saturated heterocycles. The molecule has 4 aromatic rings. The van der Waals surface area contributed by atoms with Crippen LogP contribution in [0.5, 0.6) is 0 Å². The maximum atomic E-state index is 9.05. The average molecular weight is 388 g/mol. The summed E-state index contributed by atoms with van der Waals surface area (Å²) in [5, 5.41) is 11.0. The second-order valence-electron chi connectivity index (χ2n) is 7.13. The Morgan fingerprint density at radius 1 is 1.04 bits per heavy atom. The molecule has 1 aromatic carbocycles. The van der Waals surface area contributed by atoms with E-state index in [1.165, 1.54) is 4.40 Å². The van der Waals surface area contributed by atoms with Crippen molar-refractivity contribution in [1.29, 1.82) is 5.26 Å². The molecule has 0 N–H and O–H groups in total. The minimum atomic E-state index is -1.94. The van der Waals surface area contributed by atoms with Crippen molar-refractivity contribution >= 4 is 39.7 Å². The number of nitriles is 1. The third-order valence-electron chi connectivity index (χ3n) is 4.38. The van der Waals surface area contributed by atoms with Crippen molar-refractivity contribution in [2.75, 3.05) is 0 Å². The zero-order valence-corrected chi connectivity index (χ0v) is 16.5. The number of fused-ring (bicyclic) bond motifs is 3. The molecule has 0 aliphatic rings. The van der Waals surface area contributed by atoms with Crippen LogP contribution >= 0.6 is 0 Å². The number of hydrogen-bond donors (Lipinski definition) is 0. The molecule has 0 atom stereocenters. The first-order valence-electron chi connectivity index (χ1n) is 8.16. The summed E-state index contributed by atoms with van der Waals surface area (Å²) in [7, 11) is 0. The zero-order chi connectivity index (χ0) is 17.6. The number of furan rings is 1. The molecule has 0 bridgehead atoms. The van der Waals surface area contributed by atoms with Crippen LogP contribution in [0.25, 0.3) is 33.3 Å². The first-order valence-corrected chi connectivity index (χ1v) is 15.5. The van der Waals surface area contributed by atoms with E-state index in [2.05, 4.69) is 45.4 Å². The van der Waals surface area contributed by atoms with Crippen molar-refractivity contribution in [1.82, 2.24) is 9.97 Å². The van der Waals surface area contributed by atoms with Crippen LogP contribution in [0.15, 0.2) is 53.1 Å². The predicted octanol–water partition coefficient (Wildman–Crippen LogP) is 4.46. The van der Waals surface area contributed by atoms with Crippen molar-refractivity contribution in [2.45, 2.75) is 17.3 Å². The Bertz CT molecular complexity index is 1150. The van der Waals surface area contributed by atoms with Crippen molar-refractivity contribution < 1.29 is 4.42 Å². The topological polar surface area (TPSA) is 62.7 Å². The molecule has 4 rings (SSSR count). The van der Waals surface area contributed by atoms with E-state index in [1.807, 2.05) is 30.5 Å². The number of pyridine rings is 2. The van der Waals surface area contributed by atoms with Crippen LogP contribution in [0.2, 0.25) is 17.3 Å². The van der Waals surface area contributed by atoms with Gasteiger partial charge < -0.3 is 0 Å². The van der Waals surface area contributed by atoms with Gasteiger partial charge in [-0.2, -0.15) is 0 Å². The zero-order valence-electron chi connectivity index (χ0n) is 14.4. The van der Waals surface area contributed by atoms with E-state index in [9.17, 15) is 0 Å². The Balaban J connectivity index is 1.98. The summed E-state index contributed by atoms with van der Waals surface area (Å²) in [6.07, 6.45) is 1.88. The van der Waals surface area contributed by atoms with Crippen molar-refractivity contribution in [2.24, 2.45) is 0 Å². The number of aromatic nitrogens is 2. The van der Waals surface area contributed by atoms with Crippen molar-refractivity contribution in [3.8, 4) is 17.3 Å². The predicted molar refractivity (Wildman–Crippen MR) is 102 cm³/mol. The first-order chi connectivity index (χ1) is 12.0. The molecule has 0 amide bonds. The van der Waals surface area contributed by atoms with Crippen LogP contribution in [0.1, 0.15) is 5.69 Å². The Morgan fingerprint density at radius 2 is 1.88 bits per heavy atom. The Kier molecular flexibility index (Phi) is 3.62. The third kappa shape index (κ3) is 2.71. The molecule has 5 heteroatoms. The molecular weight excluding hydrogens is 371 g/mol. The van der Waals surface area contributed by atoms with Crippen molar-refractivity contribution in [3.63, 3.8) is 0 Å². The van der Waals surface area contributed by atoms with Gasteiger partial charge in [0.2, 0.25) is 0 Å². The fourth-order valence-corrected chi connectivity index (χ4v) is 5.39. The van der Waals surface area contributed by atoms with E-state index in [0.29, 0.717) is 11.4 Å². The molecule has 0 fully saturated rings. The first kappa shape index (κ1) is 15.9. The van der Waals surface area contributed by atoms with E-state index in [0.717, 1.165) is 27.6 Å². The van der Waals surface area contributed by atoms with Gasteiger partial charge in [-0.05, 0) is 0 Å². The second-order valence-corrected chi connectivity index (χ2v) is 17.8. The quantitative estimate of drug-likeness (QED) is 0.476. The second kappa shape index (κ2) is 5.71. The molecule has 0 spiro atoms. The van der Waals surface area contributed by atoms with Gasteiger partial charge in [0.15, 0.2) is 0 Å². The standard InChI is InChI=1S/C20H17GeN3O/c1-21(2,3)13-9-10-23-18(11-13)17-6-4-5-15-16-8-7-14(12-22)24-20(16)25-19(15)17/h4-11H,1-3H3. The summed E-state index contributed by atoms with van der Waals surface area (Å²) in [6.45, 7) is 0. The molecule has 3 aromatic heterocycles. The summed E-state index contributed by atoms with van der Waals surface area (Å²) < 4.78 is 7.42. The number of rotatable bonds is 2. The van der Waals surface area contributed by atoms with Gasteiger partial charge in [0, 0.05) is 0 Å². The van der Waals surface area contributed by atoms with Gasteiger partial charge in [0.25, 0.3) is 0 Å². The summed E-state index contributed by atoms with van der Waals surface area (Å²) in [6, 6.07) is 16.0. The third-order valence-corrected chi connectivity index (χ3v) is 8.67. The van der Waals surface area contributed by atoms with Gasteiger partial charge in [-0.3, -0.25) is 0 Å². The van der Waals surface area contributed by atoms with Gasteiger partial charge >= 0.3 is 148 Å². The summed E-state index contributed by atoms with van der Waals surface area (Å²) in [4.78, 5) is 8.86. The minimum absolute atomic E-state index is 0.356. The summed E-state index contributed by atoms with van der Waals surface area (Å²) in [5.74, 6) is 7.11.